The highest BCUT2D eigenvalue weighted by molar-refractivity contribution is 6.05. The Labute approximate surface area is 174 Å². The van der Waals surface area contributed by atoms with Crippen molar-refractivity contribution >= 4 is 29.3 Å². The smallest absolute Gasteiger partial charge is 0.329 e. The maximum absolute atomic E-state index is 13.1. The number of nitrogens with one attached hydrogen (secondary N) is 2. The fraction of sp³-hybridized carbons (Fsp3) is 0.429. The highest BCUT2D eigenvalue weighted by atomic mass is 16.3. The van der Waals surface area contributed by atoms with Gasteiger partial charge in [0.25, 0.3) is 5.91 Å². The molecule has 1 aliphatic carbocycles. The number of carbonyl (C=O) groups excluding carboxylic acids is 2. The lowest BCUT2D eigenvalue weighted by Crippen LogP contribution is -2.48. The lowest BCUT2D eigenvalue weighted by atomic mass is 10.1. The molecule has 2 aromatic rings. The molecule has 9 nitrogen and oxygen atoms in total. The fourth-order valence-electron chi connectivity index (χ4n) is 4.26. The van der Waals surface area contributed by atoms with Gasteiger partial charge in [0, 0.05) is 19.3 Å². The largest absolute Gasteiger partial charge is 0.394 e. The lowest BCUT2D eigenvalue weighted by molar-refractivity contribution is 0.0903. The Kier molecular flexibility index (Phi) is 4.74. The highest BCUT2D eigenvalue weighted by Gasteiger charge is 2.41. The molecule has 30 heavy (non-hydrogen) atoms. The van der Waals surface area contributed by atoms with Crippen LogP contribution in [0.4, 0.5) is 22.1 Å². The molecule has 2 bridgehead atoms. The molecule has 3 amide bonds. The summed E-state index contributed by atoms with van der Waals surface area (Å²) in [6.07, 6.45) is 4.49. The van der Waals surface area contributed by atoms with Crippen molar-refractivity contribution in [2.24, 2.45) is 5.92 Å². The van der Waals surface area contributed by atoms with E-state index in [0.717, 1.165) is 38.0 Å². The number of urea groups is 1. The number of rotatable bonds is 5. The van der Waals surface area contributed by atoms with Gasteiger partial charge in [-0.3, -0.25) is 15.0 Å². The van der Waals surface area contributed by atoms with Crippen molar-refractivity contribution in [3.05, 3.63) is 42.2 Å². The first kappa shape index (κ1) is 18.8. The van der Waals surface area contributed by atoms with Crippen LogP contribution in [0.5, 0.6) is 0 Å². The van der Waals surface area contributed by atoms with Crippen molar-refractivity contribution in [2.75, 3.05) is 34.8 Å². The number of aliphatic hydroxyl groups excluding tert-OH is 1. The predicted octanol–water partition coefficient (Wildman–Crippen LogP) is 1.61. The van der Waals surface area contributed by atoms with Gasteiger partial charge in [-0.2, -0.15) is 0 Å². The van der Waals surface area contributed by atoms with Crippen molar-refractivity contribution in [1.82, 2.24) is 15.3 Å². The molecule has 0 unspecified atom stereocenters. The molecule has 156 valence electrons. The second-order valence-electron chi connectivity index (χ2n) is 8.04. The maximum Gasteiger partial charge on any atom is 0.329 e. The van der Waals surface area contributed by atoms with Crippen LogP contribution >= 0.6 is 0 Å². The zero-order chi connectivity index (χ0) is 20.7. The van der Waals surface area contributed by atoms with E-state index in [1.807, 2.05) is 12.1 Å². The van der Waals surface area contributed by atoms with Crippen molar-refractivity contribution in [2.45, 2.75) is 31.3 Å². The number of pyridine rings is 2. The number of hydrogen-bond acceptors (Lipinski definition) is 6. The molecule has 2 aliphatic heterocycles. The van der Waals surface area contributed by atoms with Gasteiger partial charge < -0.3 is 15.3 Å². The van der Waals surface area contributed by atoms with Crippen LogP contribution < -0.4 is 20.4 Å². The summed E-state index contributed by atoms with van der Waals surface area (Å²) in [6, 6.07) is 8.29. The monoisotopic (exact) mass is 408 g/mol. The molecule has 9 heteroatoms. The van der Waals surface area contributed by atoms with Crippen LogP contribution in [0.15, 0.2) is 36.5 Å². The van der Waals surface area contributed by atoms with E-state index in [4.69, 9.17) is 0 Å². The number of amides is 3. The van der Waals surface area contributed by atoms with Crippen LogP contribution in [0.1, 0.15) is 29.8 Å². The normalized spacial score (nSPS) is 20.5. The third kappa shape index (κ3) is 3.45. The zero-order valence-electron chi connectivity index (χ0n) is 16.5. The minimum absolute atomic E-state index is 0.0105. The molecular weight excluding hydrogens is 384 g/mol. The summed E-state index contributed by atoms with van der Waals surface area (Å²) in [5.74, 6) is 0.950. The number of carbonyl (C=O) groups is 2. The number of hydrogen-bond donors (Lipinski definition) is 3. The summed E-state index contributed by atoms with van der Waals surface area (Å²) in [5, 5.41) is 15.3. The molecule has 3 aliphatic rings. The van der Waals surface area contributed by atoms with Crippen LogP contribution in [-0.2, 0) is 0 Å². The van der Waals surface area contributed by atoms with Crippen LogP contribution in [0.2, 0.25) is 0 Å². The van der Waals surface area contributed by atoms with E-state index < -0.39 is 0 Å². The van der Waals surface area contributed by atoms with Crippen LogP contribution in [0.3, 0.4) is 0 Å². The Bertz CT molecular complexity index is 964. The van der Waals surface area contributed by atoms with E-state index in [-0.39, 0.29) is 36.3 Å². The summed E-state index contributed by atoms with van der Waals surface area (Å²) in [5.41, 5.74) is 1.09. The van der Waals surface area contributed by atoms with Gasteiger partial charge in [0.05, 0.1) is 24.4 Å². The first-order valence-corrected chi connectivity index (χ1v) is 10.3. The SMILES string of the molecule is O=C(N[C@@H](CO)C1CC1)c1ccc2c(n1)N(C(=O)Nc1ccccn1)[C@H]1CCN2C1. The maximum atomic E-state index is 13.1. The summed E-state index contributed by atoms with van der Waals surface area (Å²) < 4.78 is 0. The van der Waals surface area contributed by atoms with Crippen molar-refractivity contribution < 1.29 is 14.7 Å². The third-order valence-corrected chi connectivity index (χ3v) is 6.01. The molecule has 1 saturated heterocycles. The zero-order valence-corrected chi connectivity index (χ0v) is 16.5. The Balaban J connectivity index is 1.42. The van der Waals surface area contributed by atoms with Gasteiger partial charge in [-0.15, -0.1) is 0 Å². The van der Waals surface area contributed by atoms with Crippen molar-refractivity contribution in [3.63, 3.8) is 0 Å². The molecule has 1 saturated carbocycles. The predicted molar refractivity (Wildman–Crippen MR) is 112 cm³/mol. The average Bonchev–Trinajstić information content (AvgIpc) is 3.53. The Morgan fingerprint density at radius 3 is 2.80 bits per heavy atom. The molecule has 2 aromatic heterocycles. The van der Waals surface area contributed by atoms with Crippen LogP contribution in [-0.4, -0.2) is 58.8 Å². The summed E-state index contributed by atoms with van der Waals surface area (Å²) in [4.78, 5) is 38.4. The third-order valence-electron chi connectivity index (χ3n) is 6.01. The topological polar surface area (TPSA) is 111 Å². The minimum Gasteiger partial charge on any atom is -0.394 e. The second kappa shape index (κ2) is 7.56. The summed E-state index contributed by atoms with van der Waals surface area (Å²) in [6.45, 7) is 1.49. The summed E-state index contributed by atoms with van der Waals surface area (Å²) >= 11 is 0. The number of aliphatic hydroxyl groups is 1. The summed E-state index contributed by atoms with van der Waals surface area (Å²) in [7, 11) is 0. The highest BCUT2D eigenvalue weighted by Crippen LogP contribution is 2.39. The van der Waals surface area contributed by atoms with Crippen molar-refractivity contribution in [1.29, 1.82) is 0 Å². The van der Waals surface area contributed by atoms with Gasteiger partial charge in [0.15, 0.2) is 5.82 Å². The van der Waals surface area contributed by atoms with Crippen LogP contribution in [0.25, 0.3) is 0 Å². The van der Waals surface area contributed by atoms with Gasteiger partial charge in [-0.1, -0.05) is 6.07 Å². The molecule has 2 fully saturated rings. The standard InChI is InChI=1S/C21H24N6O3/c28-12-16(13-4-5-13)24-20(29)15-6-7-17-19(23-15)27(14-8-10-26(17)11-14)21(30)25-18-3-1-2-9-22-18/h1-3,6-7,9,13-14,16,28H,4-5,8,10-12H2,(H,24,29)(H,22,25,30)/t14-,16-/m0/s1. The molecule has 0 aromatic carbocycles. The Hall–Kier alpha value is -3.20. The molecule has 2 atom stereocenters. The number of fused-ring (bicyclic) bond motifs is 4. The lowest BCUT2D eigenvalue weighted by Gasteiger charge is -2.35. The van der Waals surface area contributed by atoms with E-state index >= 15 is 0 Å². The van der Waals surface area contributed by atoms with Gasteiger partial charge in [0.2, 0.25) is 0 Å². The molecule has 4 heterocycles. The molecule has 0 spiro atoms. The average molecular weight is 408 g/mol. The Morgan fingerprint density at radius 2 is 2.07 bits per heavy atom. The number of nitrogens with zero attached hydrogens (tertiary/aromatic N) is 4. The van der Waals surface area contributed by atoms with Gasteiger partial charge in [-0.05, 0) is 49.4 Å². The minimum atomic E-state index is -0.332. The first-order valence-electron chi connectivity index (χ1n) is 10.3. The van der Waals surface area contributed by atoms with E-state index in [0.29, 0.717) is 17.6 Å². The van der Waals surface area contributed by atoms with E-state index in [9.17, 15) is 14.7 Å². The number of anilines is 3. The number of aromatic nitrogens is 2. The quantitative estimate of drug-likeness (QED) is 0.693. The molecule has 5 rings (SSSR count). The van der Waals surface area contributed by atoms with E-state index in [1.54, 1.807) is 29.3 Å². The molecule has 3 N–H and O–H groups in total. The van der Waals surface area contributed by atoms with E-state index in [1.165, 1.54) is 0 Å². The Morgan fingerprint density at radius 1 is 1.20 bits per heavy atom. The molecule has 0 radical (unpaired) electrons. The van der Waals surface area contributed by atoms with Gasteiger partial charge >= 0.3 is 6.03 Å². The fourth-order valence-corrected chi connectivity index (χ4v) is 4.26. The molecular formula is C21H24N6O3. The van der Waals surface area contributed by atoms with Gasteiger partial charge in [-0.25, -0.2) is 14.8 Å². The second-order valence-corrected chi connectivity index (χ2v) is 8.04. The van der Waals surface area contributed by atoms with E-state index in [2.05, 4.69) is 25.5 Å². The van der Waals surface area contributed by atoms with Gasteiger partial charge in [0.1, 0.15) is 11.5 Å². The van der Waals surface area contributed by atoms with Crippen molar-refractivity contribution in [3.8, 4) is 0 Å². The first-order chi connectivity index (χ1) is 14.6. The van der Waals surface area contributed by atoms with Crippen LogP contribution in [0, 0.1) is 5.92 Å².